The van der Waals surface area contributed by atoms with Gasteiger partial charge in [0, 0.05) is 0 Å². The van der Waals surface area contributed by atoms with Crippen LogP contribution in [0.3, 0.4) is 0 Å². The van der Waals surface area contributed by atoms with Crippen molar-refractivity contribution in [1.82, 2.24) is 0 Å². The number of hydrogen-bond acceptors (Lipinski definition) is 3. The summed E-state index contributed by atoms with van der Waals surface area (Å²) in [5.74, 6) is 1.29. The molecule has 4 heteroatoms. The van der Waals surface area contributed by atoms with Crippen molar-refractivity contribution >= 4 is 18.4 Å². The van der Waals surface area contributed by atoms with Crippen LogP contribution in [0.4, 0.5) is 0 Å². The highest BCUT2D eigenvalue weighted by atomic mass is 31.1. The highest BCUT2D eigenvalue weighted by Crippen LogP contribution is 2.29. The molecule has 0 spiro atoms. The fraction of sp³-hybridized carbons (Fsp3) is 0.143. The van der Waals surface area contributed by atoms with Gasteiger partial charge in [-0.3, -0.25) is 0 Å². The molecule has 2 rings (SSSR count). The van der Waals surface area contributed by atoms with E-state index in [-0.39, 0.29) is 0 Å². The van der Waals surface area contributed by atoms with Crippen molar-refractivity contribution in [1.29, 1.82) is 0 Å². The van der Waals surface area contributed by atoms with Gasteiger partial charge in [-0.2, -0.15) is 0 Å². The van der Waals surface area contributed by atoms with E-state index in [1.165, 1.54) is 0 Å². The maximum absolute atomic E-state index is 12.6. The van der Waals surface area contributed by atoms with Gasteiger partial charge in [0.25, 0.3) is 0 Å². The van der Waals surface area contributed by atoms with Gasteiger partial charge in [-0.15, -0.1) is 0 Å². The molecule has 0 heterocycles. The maximum Gasteiger partial charge on any atom is 0.139 e. The van der Waals surface area contributed by atoms with E-state index in [2.05, 4.69) is 0 Å². The smallest absolute Gasteiger partial charge is 0.139 e. The number of ether oxygens (including phenoxy) is 2. The van der Waals surface area contributed by atoms with Gasteiger partial charge in [-0.25, -0.2) is 0 Å². The molecule has 0 amide bonds. The summed E-state index contributed by atoms with van der Waals surface area (Å²) in [5.41, 5.74) is 0. The van der Waals surface area contributed by atoms with Gasteiger partial charge in [0.2, 0.25) is 0 Å². The van der Waals surface area contributed by atoms with Crippen molar-refractivity contribution in [3.05, 3.63) is 48.5 Å². The summed E-state index contributed by atoms with van der Waals surface area (Å²) in [7, 11) is 1.03. The van der Waals surface area contributed by atoms with E-state index in [4.69, 9.17) is 9.47 Å². The molecule has 0 saturated heterocycles. The van der Waals surface area contributed by atoms with Crippen LogP contribution in [0.15, 0.2) is 48.5 Å². The Morgan fingerprint density at radius 1 is 0.778 bits per heavy atom. The predicted octanol–water partition coefficient (Wildman–Crippen LogP) is 2.21. The van der Waals surface area contributed by atoms with Crippen LogP contribution >= 0.6 is 7.80 Å². The zero-order chi connectivity index (χ0) is 13.0. The predicted molar refractivity (Wildman–Crippen MR) is 74.3 cm³/mol. The Morgan fingerprint density at radius 2 is 1.17 bits per heavy atom. The highest BCUT2D eigenvalue weighted by molar-refractivity contribution is 7.62. The Hall–Kier alpha value is -1.73. The van der Waals surface area contributed by atoms with Crippen LogP contribution in [0, 0.1) is 0 Å². The first kappa shape index (κ1) is 12.7. The van der Waals surface area contributed by atoms with E-state index < -0.39 is 7.80 Å². The van der Waals surface area contributed by atoms with E-state index in [1.807, 2.05) is 48.5 Å². The average molecular weight is 262 g/mol. The molecule has 0 aliphatic heterocycles. The Bertz CT molecular complexity index is 517. The van der Waals surface area contributed by atoms with Crippen LogP contribution in [0.2, 0.25) is 0 Å². The highest BCUT2D eigenvalue weighted by Gasteiger charge is 2.15. The molecule has 0 atom stereocenters. The molecule has 94 valence electrons. The minimum absolute atomic E-state index is 0.646. The summed E-state index contributed by atoms with van der Waals surface area (Å²) in [4.78, 5) is 0. The van der Waals surface area contributed by atoms with Gasteiger partial charge in [0.1, 0.15) is 19.3 Å². The van der Waals surface area contributed by atoms with Crippen molar-refractivity contribution in [3.8, 4) is 11.5 Å². The van der Waals surface area contributed by atoms with E-state index in [9.17, 15) is 4.57 Å². The average Bonchev–Trinajstić information content (AvgIpc) is 2.46. The minimum Gasteiger partial charge on any atom is -0.496 e. The topological polar surface area (TPSA) is 35.5 Å². The summed E-state index contributed by atoms with van der Waals surface area (Å²) in [5, 5.41) is 1.43. The second kappa shape index (κ2) is 5.74. The molecular formula is C14H15O3P. The lowest BCUT2D eigenvalue weighted by Crippen LogP contribution is -2.11. The third-order valence-corrected chi connectivity index (χ3v) is 4.51. The first-order valence-electron chi connectivity index (χ1n) is 5.58. The summed E-state index contributed by atoms with van der Waals surface area (Å²) < 4.78 is 23.1. The molecule has 0 aliphatic carbocycles. The van der Waals surface area contributed by atoms with Gasteiger partial charge in [0.15, 0.2) is 0 Å². The fourth-order valence-corrected chi connectivity index (χ4v) is 3.41. The van der Waals surface area contributed by atoms with Crippen LogP contribution in [0.25, 0.3) is 0 Å². The number of rotatable bonds is 4. The SMILES string of the molecule is COc1ccccc1[PH](=O)c1ccccc1OC. The van der Waals surface area contributed by atoms with Gasteiger partial charge < -0.3 is 14.0 Å². The Morgan fingerprint density at radius 3 is 1.56 bits per heavy atom. The molecule has 0 N–H and O–H groups in total. The second-order valence-electron chi connectivity index (χ2n) is 3.73. The quantitative estimate of drug-likeness (QED) is 0.792. The van der Waals surface area contributed by atoms with Crippen molar-refractivity contribution in [2.24, 2.45) is 0 Å². The van der Waals surface area contributed by atoms with Gasteiger partial charge in [-0.05, 0) is 24.3 Å². The maximum atomic E-state index is 12.6. The summed E-state index contributed by atoms with van der Waals surface area (Å²) in [6.07, 6.45) is 0. The number of hydrogen-bond donors (Lipinski definition) is 0. The summed E-state index contributed by atoms with van der Waals surface area (Å²) >= 11 is 0. The summed E-state index contributed by atoms with van der Waals surface area (Å²) in [6, 6.07) is 14.7. The zero-order valence-corrected chi connectivity index (χ0v) is 11.3. The van der Waals surface area contributed by atoms with Crippen LogP contribution in [-0.2, 0) is 4.57 Å². The van der Waals surface area contributed by atoms with Crippen LogP contribution in [0.1, 0.15) is 0 Å². The van der Waals surface area contributed by atoms with E-state index in [0.717, 1.165) is 10.6 Å². The molecule has 0 radical (unpaired) electrons. The molecular weight excluding hydrogens is 247 g/mol. The monoisotopic (exact) mass is 262 g/mol. The molecule has 0 unspecified atom stereocenters. The number of methoxy groups -OCH3 is 2. The van der Waals surface area contributed by atoms with Crippen LogP contribution in [0.5, 0.6) is 11.5 Å². The second-order valence-corrected chi connectivity index (χ2v) is 5.47. The first-order valence-corrected chi connectivity index (χ1v) is 6.99. The number of benzene rings is 2. The Labute approximate surface area is 107 Å². The van der Waals surface area contributed by atoms with Crippen molar-refractivity contribution in [2.45, 2.75) is 0 Å². The molecule has 0 saturated carbocycles. The minimum atomic E-state index is -2.13. The number of para-hydroxylation sites is 2. The van der Waals surface area contributed by atoms with E-state index >= 15 is 0 Å². The molecule has 2 aromatic rings. The summed E-state index contributed by atoms with van der Waals surface area (Å²) in [6.45, 7) is 0. The molecule has 0 aliphatic rings. The fourth-order valence-electron chi connectivity index (χ4n) is 1.81. The van der Waals surface area contributed by atoms with Crippen LogP contribution < -0.4 is 20.1 Å². The standard InChI is InChI=1S/C14H15O3P/c1-16-11-7-3-5-9-13(11)18(15)14-10-6-4-8-12(14)17-2/h3-10,18H,1-2H3. The molecule has 0 aromatic heterocycles. The third-order valence-electron chi connectivity index (χ3n) is 2.70. The first-order chi connectivity index (χ1) is 8.77. The Balaban J connectivity index is 2.48. The van der Waals surface area contributed by atoms with Crippen molar-refractivity contribution in [2.75, 3.05) is 14.2 Å². The normalized spacial score (nSPS) is 10.4. The lowest BCUT2D eigenvalue weighted by atomic mass is 10.3. The molecule has 0 bridgehead atoms. The van der Waals surface area contributed by atoms with E-state index in [0.29, 0.717) is 11.5 Å². The van der Waals surface area contributed by atoms with Gasteiger partial charge in [-0.1, -0.05) is 24.3 Å². The molecule has 3 nitrogen and oxygen atoms in total. The Kier molecular flexibility index (Phi) is 4.06. The van der Waals surface area contributed by atoms with Gasteiger partial charge >= 0.3 is 0 Å². The van der Waals surface area contributed by atoms with Crippen LogP contribution in [-0.4, -0.2) is 14.2 Å². The van der Waals surface area contributed by atoms with Crippen molar-refractivity contribution < 1.29 is 14.0 Å². The van der Waals surface area contributed by atoms with Crippen molar-refractivity contribution in [3.63, 3.8) is 0 Å². The van der Waals surface area contributed by atoms with E-state index in [1.54, 1.807) is 14.2 Å². The molecule has 0 fully saturated rings. The lowest BCUT2D eigenvalue weighted by molar-refractivity contribution is 0.417. The molecule has 18 heavy (non-hydrogen) atoms. The van der Waals surface area contributed by atoms with Gasteiger partial charge in [0.05, 0.1) is 24.8 Å². The molecule has 2 aromatic carbocycles. The lowest BCUT2D eigenvalue weighted by Gasteiger charge is -2.11. The largest absolute Gasteiger partial charge is 0.496 e. The zero-order valence-electron chi connectivity index (χ0n) is 10.3. The third kappa shape index (κ3) is 2.41.